The van der Waals surface area contributed by atoms with Crippen LogP contribution in [0, 0.1) is 5.92 Å². The van der Waals surface area contributed by atoms with Crippen molar-refractivity contribution in [3.8, 4) is 5.75 Å². The van der Waals surface area contributed by atoms with E-state index in [0.717, 1.165) is 23.6 Å². The van der Waals surface area contributed by atoms with Gasteiger partial charge in [-0.05, 0) is 43.4 Å². The fourth-order valence-electron chi connectivity index (χ4n) is 3.00. The number of rotatable bonds is 6. The minimum absolute atomic E-state index is 0.0410. The molecule has 0 aromatic heterocycles. The lowest BCUT2D eigenvalue weighted by Crippen LogP contribution is -2.33. The lowest BCUT2D eigenvalue weighted by atomic mass is 9.87. The van der Waals surface area contributed by atoms with Crippen LogP contribution in [0.15, 0.2) is 23.1 Å². The number of ether oxygens (including phenoxy) is 1. The number of sulfonamides is 1. The molecule has 25 heavy (non-hydrogen) atoms. The Morgan fingerprint density at radius 3 is 2.68 bits per heavy atom. The largest absolute Gasteiger partial charge is 0.495 e. The van der Waals surface area contributed by atoms with Crippen molar-refractivity contribution in [2.75, 3.05) is 27.7 Å². The molecule has 8 heteroatoms. The lowest BCUT2D eigenvalue weighted by Gasteiger charge is -2.26. The zero-order valence-electron chi connectivity index (χ0n) is 14.9. The second-order valence-electron chi connectivity index (χ2n) is 6.55. The van der Waals surface area contributed by atoms with E-state index < -0.39 is 10.0 Å². The molecule has 1 aliphatic carbocycles. The van der Waals surface area contributed by atoms with Crippen LogP contribution in [0.5, 0.6) is 5.75 Å². The standard InChI is InChI=1S/C17H26N2O5S/c1-19(2)25(22,23)16-10-13(7-8-15(16)24-3)17(21)18-11-12-5-4-6-14(20)9-12/h7-8,10,12,14,20H,4-6,9,11H2,1-3H3,(H,18,21)/t12-,14+/m0/s1. The van der Waals surface area contributed by atoms with E-state index >= 15 is 0 Å². The van der Waals surface area contributed by atoms with Gasteiger partial charge < -0.3 is 15.2 Å². The SMILES string of the molecule is COc1ccc(C(=O)NC[C@H]2CCC[C@@H](O)C2)cc1S(=O)(=O)N(C)C. The number of amides is 1. The number of methoxy groups -OCH3 is 1. The third-order valence-electron chi connectivity index (χ3n) is 4.49. The summed E-state index contributed by atoms with van der Waals surface area (Å²) in [6.07, 6.45) is 3.13. The maximum absolute atomic E-state index is 12.4. The number of hydrogen-bond acceptors (Lipinski definition) is 5. The molecule has 2 N–H and O–H groups in total. The van der Waals surface area contributed by atoms with Gasteiger partial charge in [-0.2, -0.15) is 0 Å². The summed E-state index contributed by atoms with van der Waals surface area (Å²) in [6.45, 7) is 0.470. The van der Waals surface area contributed by atoms with Crippen LogP contribution in [0.2, 0.25) is 0 Å². The normalized spacial score (nSPS) is 21.2. The highest BCUT2D eigenvalue weighted by molar-refractivity contribution is 7.89. The summed E-state index contributed by atoms with van der Waals surface area (Å²) in [5.41, 5.74) is 0.262. The summed E-state index contributed by atoms with van der Waals surface area (Å²) in [5, 5.41) is 12.5. The second kappa shape index (κ2) is 8.16. The maximum Gasteiger partial charge on any atom is 0.251 e. The molecule has 1 fully saturated rings. The van der Waals surface area contributed by atoms with Crippen LogP contribution in [-0.2, 0) is 10.0 Å². The highest BCUT2D eigenvalue weighted by Gasteiger charge is 2.25. The Morgan fingerprint density at radius 1 is 1.36 bits per heavy atom. The molecule has 140 valence electrons. The molecule has 0 unspecified atom stereocenters. The van der Waals surface area contributed by atoms with Crippen LogP contribution in [-0.4, -0.2) is 57.6 Å². The van der Waals surface area contributed by atoms with Crippen molar-refractivity contribution >= 4 is 15.9 Å². The quantitative estimate of drug-likeness (QED) is 0.785. The maximum atomic E-state index is 12.4. The smallest absolute Gasteiger partial charge is 0.251 e. The van der Waals surface area contributed by atoms with E-state index in [4.69, 9.17) is 4.74 Å². The number of aliphatic hydroxyl groups is 1. The highest BCUT2D eigenvalue weighted by Crippen LogP contribution is 2.27. The van der Waals surface area contributed by atoms with Gasteiger partial charge in [0.2, 0.25) is 10.0 Å². The van der Waals surface area contributed by atoms with Crippen LogP contribution in [0.25, 0.3) is 0 Å². The Hall–Kier alpha value is -1.64. The first-order valence-corrected chi connectivity index (χ1v) is 9.76. The van der Waals surface area contributed by atoms with Gasteiger partial charge in [0.15, 0.2) is 0 Å². The molecule has 1 aromatic carbocycles. The third kappa shape index (κ3) is 4.71. The summed E-state index contributed by atoms with van der Waals surface area (Å²) < 4.78 is 31.0. The van der Waals surface area contributed by atoms with E-state index in [1.165, 1.54) is 33.3 Å². The zero-order valence-corrected chi connectivity index (χ0v) is 15.7. The first kappa shape index (κ1) is 19.7. The van der Waals surface area contributed by atoms with Gasteiger partial charge in [0.05, 0.1) is 13.2 Å². The second-order valence-corrected chi connectivity index (χ2v) is 8.67. The molecule has 0 aliphatic heterocycles. The van der Waals surface area contributed by atoms with E-state index in [1.54, 1.807) is 6.07 Å². The Bertz CT molecular complexity index is 718. The van der Waals surface area contributed by atoms with Gasteiger partial charge in [0.1, 0.15) is 10.6 Å². The summed E-state index contributed by atoms with van der Waals surface area (Å²) >= 11 is 0. The number of benzene rings is 1. The molecule has 1 aromatic rings. The van der Waals surface area contributed by atoms with Gasteiger partial charge in [-0.25, -0.2) is 12.7 Å². The van der Waals surface area contributed by atoms with Gasteiger partial charge >= 0.3 is 0 Å². The molecule has 1 amide bonds. The topological polar surface area (TPSA) is 95.9 Å². The Labute approximate surface area is 149 Å². The first-order valence-electron chi connectivity index (χ1n) is 8.32. The molecule has 0 bridgehead atoms. The number of nitrogens with one attached hydrogen (secondary N) is 1. The Balaban J connectivity index is 2.15. The molecule has 0 spiro atoms. The third-order valence-corrected chi connectivity index (χ3v) is 6.33. The lowest BCUT2D eigenvalue weighted by molar-refractivity contribution is 0.0873. The first-order chi connectivity index (χ1) is 11.8. The molecule has 2 atom stereocenters. The predicted molar refractivity (Wildman–Crippen MR) is 94.2 cm³/mol. The summed E-state index contributed by atoms with van der Waals surface area (Å²) in [5.74, 6) is 0.106. The van der Waals surface area contributed by atoms with Crippen molar-refractivity contribution < 1.29 is 23.1 Å². The highest BCUT2D eigenvalue weighted by atomic mass is 32.2. The average molecular weight is 370 g/mol. The van der Waals surface area contributed by atoms with Crippen LogP contribution in [0.1, 0.15) is 36.0 Å². The van der Waals surface area contributed by atoms with Crippen molar-refractivity contribution in [2.24, 2.45) is 5.92 Å². The van der Waals surface area contributed by atoms with Gasteiger partial charge in [-0.3, -0.25) is 4.79 Å². The monoisotopic (exact) mass is 370 g/mol. The van der Waals surface area contributed by atoms with E-state index in [9.17, 15) is 18.3 Å². The summed E-state index contributed by atoms with van der Waals surface area (Å²) in [4.78, 5) is 12.4. The zero-order chi connectivity index (χ0) is 18.6. The van der Waals surface area contributed by atoms with Crippen molar-refractivity contribution in [1.29, 1.82) is 0 Å². The molecule has 7 nitrogen and oxygen atoms in total. The number of aliphatic hydroxyl groups excluding tert-OH is 1. The van der Waals surface area contributed by atoms with Crippen molar-refractivity contribution in [1.82, 2.24) is 9.62 Å². The Morgan fingerprint density at radius 2 is 2.08 bits per heavy atom. The van der Waals surface area contributed by atoms with E-state index in [2.05, 4.69) is 5.32 Å². The molecule has 1 saturated carbocycles. The van der Waals surface area contributed by atoms with Gasteiger partial charge in [0, 0.05) is 26.2 Å². The van der Waals surface area contributed by atoms with Gasteiger partial charge in [-0.1, -0.05) is 6.42 Å². The average Bonchev–Trinajstić information content (AvgIpc) is 2.59. The molecule has 0 radical (unpaired) electrons. The Kier molecular flexibility index (Phi) is 6.42. The number of carbonyl (C=O) groups is 1. The molecular formula is C17H26N2O5S. The molecule has 2 rings (SSSR count). The summed E-state index contributed by atoms with van der Waals surface area (Å²) in [6, 6.07) is 4.35. The van der Waals surface area contributed by atoms with Gasteiger partial charge in [0.25, 0.3) is 5.91 Å². The van der Waals surface area contributed by atoms with Crippen LogP contribution < -0.4 is 10.1 Å². The van der Waals surface area contributed by atoms with E-state index in [1.807, 2.05) is 0 Å². The van der Waals surface area contributed by atoms with Crippen molar-refractivity contribution in [3.63, 3.8) is 0 Å². The van der Waals surface area contributed by atoms with E-state index in [-0.39, 0.29) is 34.1 Å². The van der Waals surface area contributed by atoms with Crippen molar-refractivity contribution in [2.45, 2.75) is 36.7 Å². The van der Waals surface area contributed by atoms with Crippen molar-refractivity contribution in [3.05, 3.63) is 23.8 Å². The number of carbonyl (C=O) groups excluding carboxylic acids is 1. The fourth-order valence-corrected chi connectivity index (χ4v) is 4.08. The predicted octanol–water partition coefficient (Wildman–Crippen LogP) is 1.23. The summed E-state index contributed by atoms with van der Waals surface area (Å²) in [7, 11) is 0.517. The molecule has 0 saturated heterocycles. The fraction of sp³-hybridized carbons (Fsp3) is 0.588. The van der Waals surface area contributed by atoms with Crippen LogP contribution in [0.3, 0.4) is 0 Å². The minimum Gasteiger partial charge on any atom is -0.495 e. The minimum atomic E-state index is -3.72. The number of nitrogens with zero attached hydrogens (tertiary/aromatic N) is 1. The number of hydrogen-bond donors (Lipinski definition) is 2. The molecule has 1 aliphatic rings. The van der Waals surface area contributed by atoms with Gasteiger partial charge in [-0.15, -0.1) is 0 Å². The van der Waals surface area contributed by atoms with E-state index in [0.29, 0.717) is 13.0 Å². The molecule has 0 heterocycles. The van der Waals surface area contributed by atoms with Crippen LogP contribution in [0.4, 0.5) is 0 Å². The van der Waals surface area contributed by atoms with Crippen LogP contribution >= 0.6 is 0 Å². The molecular weight excluding hydrogens is 344 g/mol.